The monoisotopic (exact) mass is 347 g/mol. The van der Waals surface area contributed by atoms with E-state index in [2.05, 4.69) is 4.90 Å². The predicted octanol–water partition coefficient (Wildman–Crippen LogP) is 1.53. The van der Waals surface area contributed by atoms with E-state index in [9.17, 15) is 8.42 Å². The number of hydrogen-bond acceptors (Lipinski definition) is 4. The van der Waals surface area contributed by atoms with Crippen molar-refractivity contribution in [1.82, 2.24) is 9.21 Å². The normalized spacial score (nSPS) is 22.8. The van der Waals surface area contributed by atoms with Gasteiger partial charge in [0.2, 0.25) is 10.0 Å². The minimum Gasteiger partial charge on any atom is -0.330 e. The smallest absolute Gasteiger partial charge is 0.243 e. The Labute approximate surface area is 139 Å². The van der Waals surface area contributed by atoms with Crippen molar-refractivity contribution in [2.75, 3.05) is 27.2 Å². The van der Waals surface area contributed by atoms with E-state index in [0.717, 1.165) is 18.5 Å². The Hall–Kier alpha value is -0.660. The van der Waals surface area contributed by atoms with Crippen LogP contribution in [0.4, 0.5) is 0 Å². The highest BCUT2D eigenvalue weighted by atomic mass is 35.5. The van der Waals surface area contributed by atoms with E-state index in [1.54, 1.807) is 16.4 Å². The lowest BCUT2D eigenvalue weighted by Crippen LogP contribution is -2.34. The van der Waals surface area contributed by atoms with E-state index in [4.69, 9.17) is 5.73 Å². The van der Waals surface area contributed by atoms with Gasteiger partial charge in [0.25, 0.3) is 0 Å². The highest BCUT2D eigenvalue weighted by Gasteiger charge is 2.37. The van der Waals surface area contributed by atoms with E-state index in [1.165, 1.54) is 0 Å². The van der Waals surface area contributed by atoms with Crippen LogP contribution in [-0.4, -0.2) is 50.8 Å². The molecule has 22 heavy (non-hydrogen) atoms. The molecule has 2 atom stereocenters. The number of hydrogen-bond donors (Lipinski definition) is 1. The zero-order chi connectivity index (χ0) is 15.6. The Bertz CT molecular complexity index is 575. The summed E-state index contributed by atoms with van der Waals surface area (Å²) in [5.41, 5.74) is 6.79. The first-order chi connectivity index (χ1) is 9.84. The van der Waals surface area contributed by atoms with Gasteiger partial charge in [-0.15, -0.1) is 12.4 Å². The average molecular weight is 348 g/mol. The van der Waals surface area contributed by atoms with Gasteiger partial charge in [0, 0.05) is 19.1 Å². The van der Waals surface area contributed by atoms with Gasteiger partial charge in [0.1, 0.15) is 0 Å². The molecule has 1 heterocycles. The van der Waals surface area contributed by atoms with Gasteiger partial charge in [0.05, 0.1) is 4.90 Å². The highest BCUT2D eigenvalue weighted by Crippen LogP contribution is 2.29. The molecule has 1 aromatic carbocycles. The second-order valence-electron chi connectivity index (χ2n) is 6.14. The fourth-order valence-electron chi connectivity index (χ4n) is 2.88. The maximum Gasteiger partial charge on any atom is 0.243 e. The molecule has 7 heteroatoms. The van der Waals surface area contributed by atoms with Gasteiger partial charge in [-0.1, -0.05) is 12.1 Å². The standard InChI is InChI=1S/C15H25N3O2S.ClH/c1-12-8-14(9-16)11-18(12)21(19,20)15-6-4-13(5-7-15)10-17(2)3;/h4-7,12,14H,8-11,16H2,1-3H3;1H. The molecule has 0 radical (unpaired) electrons. The summed E-state index contributed by atoms with van der Waals surface area (Å²) in [5, 5.41) is 0. The summed E-state index contributed by atoms with van der Waals surface area (Å²) in [6.07, 6.45) is 0.842. The summed E-state index contributed by atoms with van der Waals surface area (Å²) in [5.74, 6) is 0.266. The third-order valence-corrected chi connectivity index (χ3v) is 5.96. The molecular formula is C15H26ClN3O2S. The highest BCUT2D eigenvalue weighted by molar-refractivity contribution is 7.89. The lowest BCUT2D eigenvalue weighted by Gasteiger charge is -2.21. The van der Waals surface area contributed by atoms with Crippen molar-refractivity contribution < 1.29 is 8.42 Å². The SMILES string of the molecule is CC1CC(CN)CN1S(=O)(=O)c1ccc(CN(C)C)cc1.Cl. The Morgan fingerprint density at radius 3 is 2.32 bits per heavy atom. The summed E-state index contributed by atoms with van der Waals surface area (Å²) >= 11 is 0. The predicted molar refractivity (Wildman–Crippen MR) is 91.6 cm³/mol. The largest absolute Gasteiger partial charge is 0.330 e. The molecule has 1 aliphatic rings. The van der Waals surface area contributed by atoms with Gasteiger partial charge in [-0.3, -0.25) is 0 Å². The maximum absolute atomic E-state index is 12.7. The van der Waals surface area contributed by atoms with Crippen molar-refractivity contribution in [2.45, 2.75) is 30.8 Å². The van der Waals surface area contributed by atoms with E-state index >= 15 is 0 Å². The summed E-state index contributed by atoms with van der Waals surface area (Å²) < 4.78 is 27.0. The van der Waals surface area contributed by atoms with Gasteiger partial charge < -0.3 is 10.6 Å². The third-order valence-electron chi connectivity index (χ3n) is 3.97. The van der Waals surface area contributed by atoms with Gasteiger partial charge in [-0.05, 0) is 57.6 Å². The Balaban J connectivity index is 0.00000242. The first-order valence-corrected chi connectivity index (χ1v) is 8.74. The van der Waals surface area contributed by atoms with Crippen LogP contribution in [0, 0.1) is 5.92 Å². The molecule has 1 saturated heterocycles. The molecule has 2 N–H and O–H groups in total. The van der Waals surface area contributed by atoms with Crippen molar-refractivity contribution in [3.8, 4) is 0 Å². The molecule has 0 saturated carbocycles. The van der Waals surface area contributed by atoms with Crippen LogP contribution in [0.5, 0.6) is 0 Å². The average Bonchev–Trinajstić information content (AvgIpc) is 2.81. The molecule has 126 valence electrons. The van der Waals surface area contributed by atoms with Crippen molar-refractivity contribution in [2.24, 2.45) is 11.7 Å². The van der Waals surface area contributed by atoms with E-state index in [1.807, 2.05) is 33.2 Å². The quantitative estimate of drug-likeness (QED) is 0.877. The van der Waals surface area contributed by atoms with E-state index in [-0.39, 0.29) is 24.4 Å². The molecule has 0 aliphatic carbocycles. The molecule has 0 bridgehead atoms. The summed E-state index contributed by atoms with van der Waals surface area (Å²) in [4.78, 5) is 2.42. The molecule has 5 nitrogen and oxygen atoms in total. The molecular weight excluding hydrogens is 322 g/mol. The Morgan fingerprint density at radius 1 is 1.27 bits per heavy atom. The third kappa shape index (κ3) is 4.20. The first-order valence-electron chi connectivity index (χ1n) is 7.30. The molecule has 1 aliphatic heterocycles. The summed E-state index contributed by atoms with van der Waals surface area (Å²) in [6, 6.07) is 7.19. The van der Waals surface area contributed by atoms with Crippen LogP contribution in [0.3, 0.4) is 0 Å². The van der Waals surface area contributed by atoms with Gasteiger partial charge in [-0.25, -0.2) is 8.42 Å². The molecule has 0 aromatic heterocycles. The number of nitrogens with two attached hydrogens (primary N) is 1. The zero-order valence-electron chi connectivity index (χ0n) is 13.4. The van der Waals surface area contributed by atoms with E-state index < -0.39 is 10.0 Å². The van der Waals surface area contributed by atoms with Crippen LogP contribution in [0.1, 0.15) is 18.9 Å². The van der Waals surface area contributed by atoms with Crippen molar-refractivity contribution in [3.05, 3.63) is 29.8 Å². The van der Waals surface area contributed by atoms with Crippen LogP contribution in [-0.2, 0) is 16.6 Å². The zero-order valence-corrected chi connectivity index (χ0v) is 15.0. The minimum absolute atomic E-state index is 0. The van der Waals surface area contributed by atoms with Gasteiger partial charge in [0.15, 0.2) is 0 Å². The van der Waals surface area contributed by atoms with Crippen LogP contribution in [0.25, 0.3) is 0 Å². The topological polar surface area (TPSA) is 66.6 Å². The number of nitrogens with zero attached hydrogens (tertiary/aromatic N) is 2. The first kappa shape index (κ1) is 19.4. The maximum atomic E-state index is 12.7. The van der Waals surface area contributed by atoms with Crippen molar-refractivity contribution in [1.29, 1.82) is 0 Å². The summed E-state index contributed by atoms with van der Waals surface area (Å²) in [6.45, 7) is 3.82. The van der Waals surface area contributed by atoms with Crippen molar-refractivity contribution in [3.63, 3.8) is 0 Å². The number of benzene rings is 1. The molecule has 2 rings (SSSR count). The minimum atomic E-state index is -3.41. The molecule has 1 aromatic rings. The number of sulfonamides is 1. The van der Waals surface area contributed by atoms with Crippen LogP contribution >= 0.6 is 12.4 Å². The fraction of sp³-hybridized carbons (Fsp3) is 0.600. The molecule has 2 unspecified atom stereocenters. The molecule has 0 amide bonds. The Morgan fingerprint density at radius 2 is 1.86 bits per heavy atom. The van der Waals surface area contributed by atoms with Crippen LogP contribution < -0.4 is 5.73 Å². The second-order valence-corrected chi connectivity index (χ2v) is 8.03. The van der Waals surface area contributed by atoms with E-state index in [0.29, 0.717) is 18.0 Å². The number of halogens is 1. The second kappa shape index (κ2) is 7.75. The van der Waals surface area contributed by atoms with Gasteiger partial charge in [-0.2, -0.15) is 4.31 Å². The summed E-state index contributed by atoms with van der Waals surface area (Å²) in [7, 11) is 0.567. The fourth-order valence-corrected chi connectivity index (χ4v) is 4.60. The lowest BCUT2D eigenvalue weighted by molar-refractivity contribution is 0.401. The Kier molecular flexibility index (Phi) is 6.83. The van der Waals surface area contributed by atoms with Crippen LogP contribution in [0.15, 0.2) is 29.2 Å². The van der Waals surface area contributed by atoms with Crippen LogP contribution in [0.2, 0.25) is 0 Å². The number of rotatable bonds is 5. The van der Waals surface area contributed by atoms with Crippen molar-refractivity contribution >= 4 is 22.4 Å². The van der Waals surface area contributed by atoms with Gasteiger partial charge >= 0.3 is 0 Å². The molecule has 1 fully saturated rings. The lowest BCUT2D eigenvalue weighted by atomic mass is 10.1. The molecule has 0 spiro atoms.